The molecule has 3 rings (SSSR count). The average Bonchev–Trinajstić information content (AvgIpc) is 2.57. The highest BCUT2D eigenvalue weighted by Crippen LogP contribution is 2.33. The molecule has 0 N–H and O–H groups in total. The number of aryl methyl sites for hydroxylation is 4. The average molecular weight is 421 g/mol. The highest BCUT2D eigenvalue weighted by atomic mass is 28.2. The van der Waals surface area contributed by atoms with Crippen molar-refractivity contribution in [3.8, 4) is 28.7 Å². The summed E-state index contributed by atoms with van der Waals surface area (Å²) < 4.78 is 18.4. The zero-order valence-electron chi connectivity index (χ0n) is 19.1. The molecule has 0 heterocycles. The highest BCUT2D eigenvalue weighted by Gasteiger charge is 2.13. The van der Waals surface area contributed by atoms with Crippen molar-refractivity contribution in [3.05, 3.63) is 76.9 Å². The van der Waals surface area contributed by atoms with Crippen LogP contribution < -0.4 is 13.9 Å². The Hall–Kier alpha value is -2.72. The van der Waals surface area contributed by atoms with Gasteiger partial charge in [-0.25, -0.2) is 0 Å². The van der Waals surface area contributed by atoms with E-state index in [4.69, 9.17) is 13.9 Å². The Balaban J connectivity index is 1.80. The molecule has 0 radical (unpaired) electrons. The van der Waals surface area contributed by atoms with E-state index in [-0.39, 0.29) is 5.04 Å². The zero-order valence-corrected chi connectivity index (χ0v) is 20.5. The number of rotatable bonds is 6. The van der Waals surface area contributed by atoms with Crippen molar-refractivity contribution >= 4 is 9.76 Å². The molecular weight excluding hydrogens is 388 g/mol. The Morgan fingerprint density at radius 2 is 0.833 bits per heavy atom. The fourth-order valence-corrected chi connectivity index (χ4v) is 4.02. The molecule has 0 saturated heterocycles. The largest absolute Gasteiger partial charge is 0.549 e. The van der Waals surface area contributed by atoms with Crippen molar-refractivity contribution in [1.82, 2.24) is 0 Å². The van der Waals surface area contributed by atoms with Crippen LogP contribution in [0.15, 0.2) is 54.6 Å². The number of ether oxygens (including phenoxy) is 2. The van der Waals surface area contributed by atoms with E-state index in [0.717, 1.165) is 39.9 Å². The molecule has 3 nitrogen and oxygen atoms in total. The second kappa shape index (κ2) is 8.96. The third-order valence-electron chi connectivity index (χ3n) is 4.39. The summed E-state index contributed by atoms with van der Waals surface area (Å²) in [4.78, 5) is 0. The zero-order chi connectivity index (χ0) is 21.9. The summed E-state index contributed by atoms with van der Waals surface area (Å²) in [5.74, 6) is 4.00. The molecule has 0 saturated carbocycles. The lowest BCUT2D eigenvalue weighted by Gasteiger charge is -2.19. The number of hydrogen-bond donors (Lipinski definition) is 0. The summed E-state index contributed by atoms with van der Waals surface area (Å²) in [6.45, 7) is 14.9. The lowest BCUT2D eigenvalue weighted by molar-refractivity contribution is 0.456. The predicted molar refractivity (Wildman–Crippen MR) is 127 cm³/mol. The first-order chi connectivity index (χ1) is 14.1. The molecule has 0 aliphatic heterocycles. The van der Waals surface area contributed by atoms with Crippen LogP contribution in [-0.2, 0) is 0 Å². The first-order valence-corrected chi connectivity index (χ1v) is 11.6. The third-order valence-corrected chi connectivity index (χ3v) is 5.73. The van der Waals surface area contributed by atoms with E-state index in [2.05, 4.69) is 53.7 Å². The van der Waals surface area contributed by atoms with Crippen molar-refractivity contribution < 1.29 is 13.9 Å². The minimum atomic E-state index is -0.680. The fraction of sp³-hybridized carbons (Fsp3) is 0.308. The molecule has 0 atom stereocenters. The van der Waals surface area contributed by atoms with Crippen LogP contribution in [0.2, 0.25) is 5.04 Å². The second-order valence-corrected chi connectivity index (χ2v) is 12.0. The van der Waals surface area contributed by atoms with Crippen molar-refractivity contribution in [2.75, 3.05) is 0 Å². The first kappa shape index (κ1) is 22.0. The highest BCUT2D eigenvalue weighted by molar-refractivity contribution is 6.32. The van der Waals surface area contributed by atoms with Crippen molar-refractivity contribution in [3.63, 3.8) is 0 Å². The quantitative estimate of drug-likeness (QED) is 0.395. The van der Waals surface area contributed by atoms with Gasteiger partial charge in [-0.05, 0) is 91.4 Å². The van der Waals surface area contributed by atoms with E-state index in [1.54, 1.807) is 0 Å². The summed E-state index contributed by atoms with van der Waals surface area (Å²) >= 11 is 0. The Morgan fingerprint density at radius 1 is 0.500 bits per heavy atom. The van der Waals surface area contributed by atoms with Gasteiger partial charge in [0.1, 0.15) is 28.7 Å². The summed E-state index contributed by atoms with van der Waals surface area (Å²) in [6.07, 6.45) is 0. The molecule has 0 aliphatic rings. The molecule has 0 spiro atoms. The van der Waals surface area contributed by atoms with E-state index < -0.39 is 9.76 Å². The van der Waals surface area contributed by atoms with Gasteiger partial charge in [0.2, 0.25) is 9.76 Å². The van der Waals surface area contributed by atoms with Crippen LogP contribution >= 0.6 is 0 Å². The summed E-state index contributed by atoms with van der Waals surface area (Å²) in [5, 5.41) is 0.238. The van der Waals surface area contributed by atoms with Crippen molar-refractivity contribution in [1.29, 1.82) is 0 Å². The topological polar surface area (TPSA) is 27.7 Å². The fourth-order valence-electron chi connectivity index (χ4n) is 3.25. The van der Waals surface area contributed by atoms with Crippen molar-refractivity contribution in [2.24, 2.45) is 0 Å². The molecule has 3 aromatic carbocycles. The molecule has 0 bridgehead atoms. The lowest BCUT2D eigenvalue weighted by atomic mass is 10.1. The lowest BCUT2D eigenvalue weighted by Crippen LogP contribution is -2.15. The molecule has 0 aliphatic carbocycles. The predicted octanol–water partition coefficient (Wildman–Crippen LogP) is 7.19. The van der Waals surface area contributed by atoms with Crippen molar-refractivity contribution in [2.45, 2.75) is 53.5 Å². The van der Waals surface area contributed by atoms with Gasteiger partial charge in [-0.15, -0.1) is 0 Å². The van der Waals surface area contributed by atoms with Gasteiger partial charge < -0.3 is 13.9 Å². The molecule has 158 valence electrons. The van der Waals surface area contributed by atoms with Gasteiger partial charge in [0, 0.05) is 12.1 Å². The minimum Gasteiger partial charge on any atom is -0.549 e. The summed E-state index contributed by atoms with van der Waals surface area (Å²) in [6, 6.07) is 18.2. The maximum absolute atomic E-state index is 6.19. The van der Waals surface area contributed by atoms with Crippen LogP contribution in [0.3, 0.4) is 0 Å². The van der Waals surface area contributed by atoms with Gasteiger partial charge in [0.15, 0.2) is 0 Å². The number of benzene rings is 3. The maximum atomic E-state index is 6.19. The van der Waals surface area contributed by atoms with Crippen LogP contribution in [0.4, 0.5) is 0 Å². The van der Waals surface area contributed by atoms with E-state index in [1.807, 2.05) is 49.4 Å². The molecular formula is C26H32O3Si. The SMILES string of the molecule is Cc1cc(C)cc(Oc2cc(C)cc(Oc3cc(C)cc(O[SiH2]C(C)(C)C)c3)c2)c1. The van der Waals surface area contributed by atoms with Crippen LogP contribution in [0.1, 0.15) is 43.0 Å². The van der Waals surface area contributed by atoms with Gasteiger partial charge in [-0.2, -0.15) is 0 Å². The Morgan fingerprint density at radius 3 is 1.27 bits per heavy atom. The van der Waals surface area contributed by atoms with E-state index in [1.165, 1.54) is 11.1 Å². The van der Waals surface area contributed by atoms with Gasteiger partial charge >= 0.3 is 0 Å². The maximum Gasteiger partial charge on any atom is 0.224 e. The molecule has 0 amide bonds. The Labute approximate surface area is 183 Å². The van der Waals surface area contributed by atoms with Crippen LogP contribution in [0.25, 0.3) is 0 Å². The molecule has 4 heteroatoms. The van der Waals surface area contributed by atoms with E-state index >= 15 is 0 Å². The van der Waals surface area contributed by atoms with Crippen LogP contribution in [0, 0.1) is 27.7 Å². The van der Waals surface area contributed by atoms with Gasteiger partial charge in [-0.3, -0.25) is 0 Å². The van der Waals surface area contributed by atoms with E-state index in [9.17, 15) is 0 Å². The minimum absolute atomic E-state index is 0.238. The first-order valence-electron chi connectivity index (χ1n) is 10.4. The summed E-state index contributed by atoms with van der Waals surface area (Å²) in [7, 11) is -0.680. The van der Waals surface area contributed by atoms with Gasteiger partial charge in [-0.1, -0.05) is 26.8 Å². The molecule has 0 fully saturated rings. The normalized spacial score (nSPS) is 11.7. The third kappa shape index (κ3) is 6.67. The van der Waals surface area contributed by atoms with Crippen LogP contribution in [0.5, 0.6) is 28.7 Å². The molecule has 30 heavy (non-hydrogen) atoms. The number of hydrogen-bond acceptors (Lipinski definition) is 3. The van der Waals surface area contributed by atoms with Gasteiger partial charge in [0.05, 0.1) is 0 Å². The molecule has 0 aromatic heterocycles. The van der Waals surface area contributed by atoms with Crippen LogP contribution in [-0.4, -0.2) is 9.76 Å². The smallest absolute Gasteiger partial charge is 0.224 e. The molecule has 0 unspecified atom stereocenters. The standard InChI is InChI=1S/C26H32O3Si/c1-17-8-18(2)10-21(9-17)27-22-11-19(3)12-23(15-22)28-24-13-20(4)14-25(16-24)29-30-26(5,6)7/h8-16H,30H2,1-7H3. The Bertz CT molecular complexity index is 1010. The second-order valence-electron chi connectivity index (χ2n) is 9.34. The molecule has 3 aromatic rings. The monoisotopic (exact) mass is 420 g/mol. The summed E-state index contributed by atoms with van der Waals surface area (Å²) in [5.41, 5.74) is 4.56. The van der Waals surface area contributed by atoms with E-state index in [0.29, 0.717) is 0 Å². The van der Waals surface area contributed by atoms with Gasteiger partial charge in [0.25, 0.3) is 0 Å². The Kier molecular flexibility index (Phi) is 6.57.